The van der Waals surface area contributed by atoms with Crippen LogP contribution < -0.4 is 5.32 Å². The van der Waals surface area contributed by atoms with Gasteiger partial charge in [0.05, 0.1) is 6.10 Å². The predicted octanol–water partition coefficient (Wildman–Crippen LogP) is 2.22. The lowest BCUT2D eigenvalue weighted by atomic mass is 10.1. The largest absolute Gasteiger partial charge is 0.481 e. The van der Waals surface area contributed by atoms with Crippen molar-refractivity contribution in [3.05, 3.63) is 36.5 Å². The van der Waals surface area contributed by atoms with E-state index < -0.39 is 41.2 Å². The summed E-state index contributed by atoms with van der Waals surface area (Å²) in [6.45, 7) is 1.22. The fraction of sp³-hybridized carbons (Fsp3) is 0.524. The number of carboxylic acid groups (broad SMARTS) is 3. The van der Waals surface area contributed by atoms with Crippen molar-refractivity contribution in [2.45, 2.75) is 62.8 Å². The molecule has 31 heavy (non-hydrogen) atoms. The Hall–Kier alpha value is -2.59. The number of allylic oxidation sites excluding steroid dienone is 5. The van der Waals surface area contributed by atoms with E-state index in [4.69, 9.17) is 10.2 Å². The molecule has 0 rings (SSSR count). The van der Waals surface area contributed by atoms with Gasteiger partial charge < -0.3 is 25.7 Å². The van der Waals surface area contributed by atoms with E-state index in [1.54, 1.807) is 30.4 Å². The molecule has 0 aliphatic heterocycles. The van der Waals surface area contributed by atoms with Gasteiger partial charge in [0.15, 0.2) is 0 Å². The SMILES string of the molecule is CC(=O)NC(CS[C@H](/C=C/C=C/C=C\CCCC(=O)O)[C@@H](O)CCCC(=O)O)C(=O)O. The number of aliphatic hydroxyl groups is 1. The summed E-state index contributed by atoms with van der Waals surface area (Å²) >= 11 is 1.16. The first-order valence-corrected chi connectivity index (χ1v) is 10.9. The summed E-state index contributed by atoms with van der Waals surface area (Å²) in [5.41, 5.74) is 0. The first-order chi connectivity index (χ1) is 14.6. The smallest absolute Gasteiger partial charge is 0.327 e. The maximum Gasteiger partial charge on any atom is 0.327 e. The van der Waals surface area contributed by atoms with Gasteiger partial charge in [0, 0.05) is 30.8 Å². The van der Waals surface area contributed by atoms with Crippen LogP contribution in [0.2, 0.25) is 0 Å². The highest BCUT2D eigenvalue weighted by Crippen LogP contribution is 2.21. The van der Waals surface area contributed by atoms with Crippen LogP contribution in [0.1, 0.15) is 45.4 Å². The molecule has 1 amide bonds. The standard InChI is InChI=1S/C21H31NO8S/c1-15(23)22-16(21(29)30)14-31-18(17(24)10-9-13-20(27)28)11-7-5-3-2-4-6-8-12-19(25)26/h2-5,7,11,16-18,24H,6,8-10,12-14H2,1H3,(H,22,23)(H,25,26)(H,27,28)(H,29,30)/b4-2-,5-3+,11-7+/t16?,17-,18+/m0/s1. The van der Waals surface area contributed by atoms with Gasteiger partial charge in [-0.2, -0.15) is 0 Å². The minimum Gasteiger partial charge on any atom is -0.481 e. The molecule has 0 aromatic carbocycles. The average molecular weight is 458 g/mol. The monoisotopic (exact) mass is 457 g/mol. The molecule has 0 fully saturated rings. The molecule has 0 radical (unpaired) electrons. The van der Waals surface area contributed by atoms with E-state index in [0.29, 0.717) is 12.8 Å². The molecule has 0 aromatic rings. The third-order valence-corrected chi connectivity index (χ3v) is 5.31. The molecule has 0 saturated heterocycles. The van der Waals surface area contributed by atoms with Crippen molar-refractivity contribution >= 4 is 35.6 Å². The molecule has 174 valence electrons. The van der Waals surface area contributed by atoms with Crippen LogP contribution in [0.15, 0.2) is 36.5 Å². The van der Waals surface area contributed by atoms with Gasteiger partial charge in [0.1, 0.15) is 6.04 Å². The van der Waals surface area contributed by atoms with Gasteiger partial charge in [-0.05, 0) is 25.7 Å². The molecule has 0 spiro atoms. The highest BCUT2D eigenvalue weighted by Gasteiger charge is 2.23. The molecule has 10 heteroatoms. The topological polar surface area (TPSA) is 161 Å². The van der Waals surface area contributed by atoms with Gasteiger partial charge in [-0.1, -0.05) is 36.5 Å². The van der Waals surface area contributed by atoms with Crippen LogP contribution in [-0.4, -0.2) is 67.4 Å². The number of nitrogens with one attached hydrogen (secondary N) is 1. The van der Waals surface area contributed by atoms with Crippen molar-refractivity contribution in [3.8, 4) is 0 Å². The second-order valence-corrected chi connectivity index (χ2v) is 7.94. The lowest BCUT2D eigenvalue weighted by Crippen LogP contribution is -2.42. The van der Waals surface area contributed by atoms with Crippen molar-refractivity contribution in [2.75, 3.05) is 5.75 Å². The molecular formula is C21H31NO8S. The van der Waals surface area contributed by atoms with Gasteiger partial charge in [-0.3, -0.25) is 14.4 Å². The Labute approximate surface area is 185 Å². The number of rotatable bonds is 17. The van der Waals surface area contributed by atoms with Crippen LogP contribution in [0.3, 0.4) is 0 Å². The third kappa shape index (κ3) is 16.8. The second-order valence-electron chi connectivity index (χ2n) is 6.73. The molecule has 3 atom stereocenters. The number of carbonyl (C=O) groups is 4. The summed E-state index contributed by atoms with van der Waals surface area (Å²) in [6.07, 6.45) is 11.3. The number of hydrogen-bond acceptors (Lipinski definition) is 6. The molecule has 0 heterocycles. The first-order valence-electron chi connectivity index (χ1n) is 9.86. The maximum atomic E-state index is 11.3. The highest BCUT2D eigenvalue weighted by molar-refractivity contribution is 8.00. The van der Waals surface area contributed by atoms with Crippen molar-refractivity contribution in [1.29, 1.82) is 0 Å². The molecule has 0 bridgehead atoms. The molecule has 0 aromatic heterocycles. The lowest BCUT2D eigenvalue weighted by Gasteiger charge is -2.21. The fourth-order valence-electron chi connectivity index (χ4n) is 2.40. The minimum atomic E-state index is -1.18. The highest BCUT2D eigenvalue weighted by atomic mass is 32.2. The van der Waals surface area contributed by atoms with Crippen LogP contribution in [0, 0.1) is 0 Å². The molecule has 0 saturated carbocycles. The number of unbranched alkanes of at least 4 members (excludes halogenated alkanes) is 1. The number of carboxylic acids is 3. The summed E-state index contributed by atoms with van der Waals surface area (Å²) in [4.78, 5) is 43.5. The Kier molecular flexibility index (Phi) is 15.7. The van der Waals surface area contributed by atoms with E-state index in [1.807, 2.05) is 6.08 Å². The van der Waals surface area contributed by atoms with E-state index >= 15 is 0 Å². The van der Waals surface area contributed by atoms with Crippen molar-refractivity contribution in [3.63, 3.8) is 0 Å². The summed E-state index contributed by atoms with van der Waals surface area (Å²) in [5, 5.41) is 38.8. The zero-order valence-electron chi connectivity index (χ0n) is 17.5. The molecule has 9 nitrogen and oxygen atoms in total. The summed E-state index contributed by atoms with van der Waals surface area (Å²) < 4.78 is 0. The zero-order valence-corrected chi connectivity index (χ0v) is 18.3. The van der Waals surface area contributed by atoms with Gasteiger partial charge in [-0.25, -0.2) is 4.79 Å². The van der Waals surface area contributed by atoms with Gasteiger partial charge >= 0.3 is 17.9 Å². The molecular weight excluding hydrogens is 426 g/mol. The minimum absolute atomic E-state index is 0.0348. The van der Waals surface area contributed by atoms with E-state index in [-0.39, 0.29) is 31.4 Å². The second kappa shape index (κ2) is 17.1. The van der Waals surface area contributed by atoms with Crippen LogP contribution >= 0.6 is 11.8 Å². The maximum absolute atomic E-state index is 11.3. The first kappa shape index (κ1) is 28.4. The Bertz CT molecular complexity index is 674. The number of carbonyl (C=O) groups excluding carboxylic acids is 1. The van der Waals surface area contributed by atoms with Crippen molar-refractivity contribution < 1.29 is 39.6 Å². The third-order valence-electron chi connectivity index (χ3n) is 3.93. The van der Waals surface area contributed by atoms with Gasteiger partial charge in [0.2, 0.25) is 5.91 Å². The Morgan fingerprint density at radius 1 is 0.935 bits per heavy atom. The van der Waals surface area contributed by atoms with Crippen molar-refractivity contribution in [2.24, 2.45) is 0 Å². The summed E-state index contributed by atoms with van der Waals surface area (Å²) in [5.74, 6) is -3.41. The van der Waals surface area contributed by atoms with Crippen LogP contribution in [0.25, 0.3) is 0 Å². The number of amides is 1. The van der Waals surface area contributed by atoms with Gasteiger partial charge in [0.25, 0.3) is 0 Å². The van der Waals surface area contributed by atoms with Crippen LogP contribution in [0.5, 0.6) is 0 Å². The molecule has 5 N–H and O–H groups in total. The van der Waals surface area contributed by atoms with Crippen LogP contribution in [-0.2, 0) is 19.2 Å². The quantitative estimate of drug-likeness (QED) is 0.163. The van der Waals surface area contributed by atoms with Gasteiger partial charge in [-0.15, -0.1) is 11.8 Å². The molecule has 0 aliphatic carbocycles. The fourth-order valence-corrected chi connectivity index (χ4v) is 3.60. The number of aliphatic carboxylic acids is 3. The molecule has 0 aliphatic rings. The Morgan fingerprint density at radius 2 is 1.55 bits per heavy atom. The van der Waals surface area contributed by atoms with Crippen LogP contribution in [0.4, 0.5) is 0 Å². The van der Waals surface area contributed by atoms with E-state index in [0.717, 1.165) is 11.8 Å². The summed E-state index contributed by atoms with van der Waals surface area (Å²) in [7, 11) is 0. The lowest BCUT2D eigenvalue weighted by molar-refractivity contribution is -0.141. The summed E-state index contributed by atoms with van der Waals surface area (Å²) in [6, 6.07) is -1.10. The van der Waals surface area contributed by atoms with E-state index in [1.165, 1.54) is 6.92 Å². The Morgan fingerprint density at radius 3 is 2.13 bits per heavy atom. The number of thioether (sulfide) groups is 1. The zero-order chi connectivity index (χ0) is 23.6. The van der Waals surface area contributed by atoms with E-state index in [2.05, 4.69) is 5.32 Å². The van der Waals surface area contributed by atoms with E-state index in [9.17, 15) is 29.4 Å². The Balaban J connectivity index is 4.86. The average Bonchev–Trinajstić information content (AvgIpc) is 2.66. The van der Waals surface area contributed by atoms with Crippen molar-refractivity contribution in [1.82, 2.24) is 5.32 Å². The predicted molar refractivity (Wildman–Crippen MR) is 118 cm³/mol. The normalized spacial score (nSPS) is 14.6. The number of aliphatic hydroxyl groups excluding tert-OH is 1. The molecule has 1 unspecified atom stereocenters. The number of hydrogen-bond donors (Lipinski definition) is 5.